The molecule has 0 atom stereocenters. The van der Waals surface area contributed by atoms with E-state index in [1.165, 1.54) is 5.56 Å². The van der Waals surface area contributed by atoms with Crippen LogP contribution < -0.4 is 5.32 Å². The largest absolute Gasteiger partial charge is 0.456 e. The second-order valence-corrected chi connectivity index (χ2v) is 15.3. The Labute approximate surface area is 359 Å². The zero-order chi connectivity index (χ0) is 41.2. The number of benzene rings is 9. The van der Waals surface area contributed by atoms with Crippen molar-refractivity contribution in [2.75, 3.05) is 5.32 Å². The van der Waals surface area contributed by atoms with E-state index in [4.69, 9.17) is 19.4 Å². The smallest absolute Gasteiger partial charge is 0.164 e. The number of para-hydroxylation sites is 1. The van der Waals surface area contributed by atoms with Crippen molar-refractivity contribution in [3.05, 3.63) is 224 Å². The lowest BCUT2D eigenvalue weighted by atomic mass is 9.92. The van der Waals surface area contributed by atoms with E-state index in [0.717, 1.165) is 88.9 Å². The van der Waals surface area contributed by atoms with E-state index in [2.05, 4.69) is 187 Å². The lowest BCUT2D eigenvalue weighted by Crippen LogP contribution is -2.02. The zero-order valence-corrected chi connectivity index (χ0v) is 33.6. The van der Waals surface area contributed by atoms with Crippen molar-refractivity contribution in [1.82, 2.24) is 15.0 Å². The number of hydrogen-bond donors (Lipinski definition) is 1. The SMILES string of the molecule is c1ccc(-c2ccc(Nc3c(-c4ccccc4)cc(-c4nc(-c5ccc(-c6ccccc6)cc5)nc(-c5ccc6oc7ccccc7c6c5)n4)cc3-c3ccccc3)cc2)cc1. The van der Waals surface area contributed by atoms with Crippen LogP contribution in [0.2, 0.25) is 0 Å². The Bertz CT molecular complexity index is 3270. The molecule has 0 saturated carbocycles. The number of nitrogens with zero attached hydrogens (tertiary/aromatic N) is 3. The van der Waals surface area contributed by atoms with Crippen molar-refractivity contribution in [3.8, 4) is 78.7 Å². The lowest BCUT2D eigenvalue weighted by Gasteiger charge is -2.20. The molecule has 0 aliphatic heterocycles. The Kier molecular flexibility index (Phi) is 9.45. The summed E-state index contributed by atoms with van der Waals surface area (Å²) in [6, 6.07) is 77.7. The van der Waals surface area contributed by atoms with Crippen molar-refractivity contribution < 1.29 is 4.42 Å². The molecule has 5 nitrogen and oxygen atoms in total. The minimum atomic E-state index is 0.572. The summed E-state index contributed by atoms with van der Waals surface area (Å²) in [5, 5.41) is 5.92. The molecule has 0 spiro atoms. The Morgan fingerprint density at radius 2 is 0.694 bits per heavy atom. The first kappa shape index (κ1) is 36.7. The lowest BCUT2D eigenvalue weighted by molar-refractivity contribution is 0.669. The van der Waals surface area contributed by atoms with Crippen molar-refractivity contribution in [3.63, 3.8) is 0 Å². The van der Waals surface area contributed by atoms with Crippen LogP contribution in [0.5, 0.6) is 0 Å². The van der Waals surface area contributed by atoms with Gasteiger partial charge in [0.05, 0.1) is 5.69 Å². The molecule has 292 valence electrons. The highest BCUT2D eigenvalue weighted by Crippen LogP contribution is 2.43. The molecule has 9 aromatic carbocycles. The van der Waals surface area contributed by atoms with Crippen molar-refractivity contribution in [2.45, 2.75) is 0 Å². The molecular formula is C57H38N4O. The van der Waals surface area contributed by atoms with Gasteiger partial charge in [-0.3, -0.25) is 0 Å². The fourth-order valence-corrected chi connectivity index (χ4v) is 8.19. The van der Waals surface area contributed by atoms with Crippen LogP contribution in [0.3, 0.4) is 0 Å². The van der Waals surface area contributed by atoms with Crippen LogP contribution in [0, 0.1) is 0 Å². The zero-order valence-electron chi connectivity index (χ0n) is 33.6. The molecule has 0 fully saturated rings. The van der Waals surface area contributed by atoms with Crippen LogP contribution in [0.15, 0.2) is 229 Å². The number of nitrogens with one attached hydrogen (secondary N) is 1. The number of furan rings is 1. The highest BCUT2D eigenvalue weighted by Gasteiger charge is 2.20. The number of hydrogen-bond acceptors (Lipinski definition) is 5. The number of fused-ring (bicyclic) bond motifs is 3. The van der Waals surface area contributed by atoms with Crippen molar-refractivity contribution in [2.24, 2.45) is 0 Å². The molecule has 5 heteroatoms. The normalized spacial score (nSPS) is 11.2. The highest BCUT2D eigenvalue weighted by molar-refractivity contribution is 6.06. The topological polar surface area (TPSA) is 63.8 Å². The maximum Gasteiger partial charge on any atom is 0.164 e. The van der Waals surface area contributed by atoms with E-state index in [0.29, 0.717) is 17.5 Å². The molecule has 0 unspecified atom stereocenters. The molecule has 11 rings (SSSR count). The van der Waals surface area contributed by atoms with E-state index in [1.54, 1.807) is 0 Å². The summed E-state index contributed by atoms with van der Waals surface area (Å²) >= 11 is 0. The van der Waals surface area contributed by atoms with Crippen molar-refractivity contribution in [1.29, 1.82) is 0 Å². The minimum Gasteiger partial charge on any atom is -0.456 e. The Morgan fingerprint density at radius 3 is 1.26 bits per heavy atom. The summed E-state index contributed by atoms with van der Waals surface area (Å²) in [6.45, 7) is 0. The van der Waals surface area contributed by atoms with Gasteiger partial charge in [-0.2, -0.15) is 0 Å². The third-order valence-electron chi connectivity index (χ3n) is 11.3. The Balaban J connectivity index is 1.10. The molecule has 2 heterocycles. The molecule has 0 aliphatic carbocycles. The van der Waals surface area contributed by atoms with Crippen LogP contribution in [-0.2, 0) is 0 Å². The first-order valence-electron chi connectivity index (χ1n) is 20.8. The maximum atomic E-state index is 6.21. The first-order chi connectivity index (χ1) is 30.7. The number of rotatable bonds is 9. The van der Waals surface area contributed by atoms with Crippen LogP contribution in [0.25, 0.3) is 101 Å². The molecule has 0 amide bonds. The Hall–Kier alpha value is -8.41. The highest BCUT2D eigenvalue weighted by atomic mass is 16.3. The van der Waals surface area contributed by atoms with Gasteiger partial charge in [-0.1, -0.05) is 176 Å². The van der Waals surface area contributed by atoms with E-state index in [-0.39, 0.29) is 0 Å². The van der Waals surface area contributed by atoms with E-state index in [9.17, 15) is 0 Å². The van der Waals surface area contributed by atoms with E-state index < -0.39 is 0 Å². The molecular weight excluding hydrogens is 757 g/mol. The molecule has 0 saturated heterocycles. The standard InChI is InChI=1S/C57H38N4O/c1-5-15-38(16-6-1)40-25-27-44(28-26-40)55-59-56(45-31-34-53-51(35-45)48-23-13-14-24-52(48)62-53)61-57(60-55)46-36-49(42-19-9-3-10-20-42)54(50(37-46)43-21-11-4-12-22-43)58-47-32-29-41(30-33-47)39-17-7-2-8-18-39/h1-37,58H. The van der Waals surface area contributed by atoms with Gasteiger partial charge in [0.15, 0.2) is 17.5 Å². The quantitative estimate of drug-likeness (QED) is 0.158. The van der Waals surface area contributed by atoms with Crippen LogP contribution in [-0.4, -0.2) is 15.0 Å². The molecule has 0 bridgehead atoms. The molecule has 11 aromatic rings. The van der Waals surface area contributed by atoms with E-state index in [1.807, 2.05) is 42.5 Å². The molecule has 2 aromatic heterocycles. The third-order valence-corrected chi connectivity index (χ3v) is 11.3. The average Bonchev–Trinajstić information content (AvgIpc) is 3.73. The van der Waals surface area contributed by atoms with Crippen LogP contribution in [0.4, 0.5) is 11.4 Å². The Morgan fingerprint density at radius 1 is 0.290 bits per heavy atom. The summed E-state index contributed by atoms with van der Waals surface area (Å²) in [6.07, 6.45) is 0. The molecule has 1 N–H and O–H groups in total. The van der Waals surface area contributed by atoms with Gasteiger partial charge in [0.1, 0.15) is 11.2 Å². The second-order valence-electron chi connectivity index (χ2n) is 15.3. The fourth-order valence-electron chi connectivity index (χ4n) is 8.19. The second kappa shape index (κ2) is 16.0. The van der Waals surface area contributed by atoms with E-state index >= 15 is 0 Å². The summed E-state index contributed by atoms with van der Waals surface area (Å²) in [5.74, 6) is 1.74. The minimum absolute atomic E-state index is 0.572. The van der Waals surface area contributed by atoms with Gasteiger partial charge in [0.25, 0.3) is 0 Å². The van der Waals surface area contributed by atoms with Crippen LogP contribution >= 0.6 is 0 Å². The third kappa shape index (κ3) is 7.18. The van der Waals surface area contributed by atoms with Gasteiger partial charge in [0, 0.05) is 44.3 Å². The van der Waals surface area contributed by atoms with Crippen LogP contribution in [0.1, 0.15) is 0 Å². The van der Waals surface area contributed by atoms with Gasteiger partial charge >= 0.3 is 0 Å². The summed E-state index contributed by atoms with van der Waals surface area (Å²) in [5.41, 5.74) is 15.1. The summed E-state index contributed by atoms with van der Waals surface area (Å²) in [4.78, 5) is 15.7. The molecule has 0 aliphatic rings. The average molecular weight is 795 g/mol. The predicted octanol–water partition coefficient (Wildman–Crippen LogP) is 15.2. The van der Waals surface area contributed by atoms with Gasteiger partial charge in [-0.05, 0) is 81.9 Å². The van der Waals surface area contributed by atoms with Gasteiger partial charge in [-0.15, -0.1) is 0 Å². The van der Waals surface area contributed by atoms with Gasteiger partial charge in [0.2, 0.25) is 0 Å². The first-order valence-corrected chi connectivity index (χ1v) is 20.8. The molecule has 62 heavy (non-hydrogen) atoms. The summed E-state index contributed by atoms with van der Waals surface area (Å²) in [7, 11) is 0. The monoisotopic (exact) mass is 794 g/mol. The maximum absolute atomic E-state index is 6.21. The predicted molar refractivity (Wildman–Crippen MR) is 255 cm³/mol. The van der Waals surface area contributed by atoms with Gasteiger partial charge < -0.3 is 9.73 Å². The summed E-state index contributed by atoms with van der Waals surface area (Å²) < 4.78 is 6.21. The van der Waals surface area contributed by atoms with Crippen molar-refractivity contribution >= 4 is 33.3 Å². The fraction of sp³-hybridized carbons (Fsp3) is 0. The number of aromatic nitrogens is 3. The molecule has 0 radical (unpaired) electrons. The number of anilines is 2. The van der Waals surface area contributed by atoms with Gasteiger partial charge in [-0.25, -0.2) is 15.0 Å².